The normalized spacial score (nSPS) is 15.4. The molecular weight excluding hydrogens is 202 g/mol. The first-order valence-corrected chi connectivity index (χ1v) is 6.36. The van der Waals surface area contributed by atoms with Crippen LogP contribution in [0.2, 0.25) is 0 Å². The quantitative estimate of drug-likeness (QED) is 0.438. The highest BCUT2D eigenvalue weighted by Gasteiger charge is 2.16. The average molecular weight is 231 g/mol. The third-order valence-corrected chi connectivity index (χ3v) is 3.33. The molecule has 0 aromatic heterocycles. The van der Waals surface area contributed by atoms with Gasteiger partial charge in [-0.05, 0) is 38.4 Å². The SMILES string of the molecule is CCN(CC)CCC(NN)C(C)CCOC. The largest absolute Gasteiger partial charge is 0.385 e. The molecule has 0 fully saturated rings. The molecule has 0 radical (unpaired) electrons. The van der Waals surface area contributed by atoms with Crippen LogP contribution in [0.5, 0.6) is 0 Å². The van der Waals surface area contributed by atoms with Crippen LogP contribution in [-0.2, 0) is 4.74 Å². The lowest BCUT2D eigenvalue weighted by atomic mass is 9.96. The Labute approximate surface area is 100 Å². The molecule has 2 atom stereocenters. The minimum Gasteiger partial charge on any atom is -0.385 e. The van der Waals surface area contributed by atoms with Crippen LogP contribution in [0.25, 0.3) is 0 Å². The second-order valence-electron chi connectivity index (χ2n) is 4.35. The zero-order valence-corrected chi connectivity index (χ0v) is 11.3. The highest BCUT2D eigenvalue weighted by Crippen LogP contribution is 2.11. The molecule has 98 valence electrons. The number of nitrogens with zero attached hydrogens (tertiary/aromatic N) is 1. The summed E-state index contributed by atoms with van der Waals surface area (Å²) in [4.78, 5) is 2.42. The van der Waals surface area contributed by atoms with E-state index in [0.717, 1.165) is 39.1 Å². The number of rotatable bonds is 10. The first-order valence-electron chi connectivity index (χ1n) is 6.36. The van der Waals surface area contributed by atoms with Crippen molar-refractivity contribution in [1.29, 1.82) is 0 Å². The predicted octanol–water partition coefficient (Wildman–Crippen LogP) is 1.22. The van der Waals surface area contributed by atoms with Crippen molar-refractivity contribution in [3.05, 3.63) is 0 Å². The summed E-state index contributed by atoms with van der Waals surface area (Å²) in [6, 6.07) is 0.385. The minimum absolute atomic E-state index is 0.385. The monoisotopic (exact) mass is 231 g/mol. The highest BCUT2D eigenvalue weighted by molar-refractivity contribution is 4.72. The maximum absolute atomic E-state index is 5.61. The van der Waals surface area contributed by atoms with E-state index in [9.17, 15) is 0 Å². The average Bonchev–Trinajstić information content (AvgIpc) is 2.32. The highest BCUT2D eigenvalue weighted by atomic mass is 16.5. The summed E-state index contributed by atoms with van der Waals surface area (Å²) in [6.07, 6.45) is 2.16. The van der Waals surface area contributed by atoms with E-state index in [4.69, 9.17) is 10.6 Å². The number of hydrazine groups is 1. The van der Waals surface area contributed by atoms with Crippen molar-refractivity contribution in [2.75, 3.05) is 33.4 Å². The number of ether oxygens (including phenoxy) is 1. The molecule has 0 bridgehead atoms. The van der Waals surface area contributed by atoms with Crippen LogP contribution in [0.15, 0.2) is 0 Å². The fourth-order valence-electron chi connectivity index (χ4n) is 1.90. The van der Waals surface area contributed by atoms with Crippen molar-refractivity contribution >= 4 is 0 Å². The van der Waals surface area contributed by atoms with Gasteiger partial charge in [0.25, 0.3) is 0 Å². The number of hydrogen-bond donors (Lipinski definition) is 2. The van der Waals surface area contributed by atoms with Crippen molar-refractivity contribution in [2.24, 2.45) is 11.8 Å². The summed E-state index contributed by atoms with van der Waals surface area (Å²) in [5, 5.41) is 0. The zero-order chi connectivity index (χ0) is 12.4. The summed E-state index contributed by atoms with van der Waals surface area (Å²) in [6.45, 7) is 10.8. The standard InChI is InChI=1S/C12H29N3O/c1-5-15(6-2)9-7-12(14-13)11(3)8-10-16-4/h11-12,14H,5-10,13H2,1-4H3. The van der Waals surface area contributed by atoms with Gasteiger partial charge >= 0.3 is 0 Å². The van der Waals surface area contributed by atoms with E-state index in [-0.39, 0.29) is 0 Å². The smallest absolute Gasteiger partial charge is 0.0465 e. The fraction of sp³-hybridized carbons (Fsp3) is 1.00. The molecule has 3 N–H and O–H groups in total. The van der Waals surface area contributed by atoms with E-state index in [1.807, 2.05) is 0 Å². The number of nitrogens with one attached hydrogen (secondary N) is 1. The van der Waals surface area contributed by atoms with Crippen molar-refractivity contribution in [3.8, 4) is 0 Å². The lowest BCUT2D eigenvalue weighted by Crippen LogP contribution is -2.42. The van der Waals surface area contributed by atoms with Gasteiger partial charge in [0.15, 0.2) is 0 Å². The van der Waals surface area contributed by atoms with E-state index < -0.39 is 0 Å². The maximum atomic E-state index is 5.61. The first-order chi connectivity index (χ1) is 7.69. The van der Waals surface area contributed by atoms with Gasteiger partial charge < -0.3 is 9.64 Å². The van der Waals surface area contributed by atoms with Crippen molar-refractivity contribution in [3.63, 3.8) is 0 Å². The molecule has 2 unspecified atom stereocenters. The van der Waals surface area contributed by atoms with Crippen LogP contribution < -0.4 is 11.3 Å². The van der Waals surface area contributed by atoms with Gasteiger partial charge in [-0.3, -0.25) is 11.3 Å². The van der Waals surface area contributed by atoms with Gasteiger partial charge in [-0.2, -0.15) is 0 Å². The Morgan fingerprint density at radius 1 is 1.25 bits per heavy atom. The van der Waals surface area contributed by atoms with Crippen molar-refractivity contribution < 1.29 is 4.74 Å². The third kappa shape index (κ3) is 6.43. The van der Waals surface area contributed by atoms with Crippen LogP contribution in [0, 0.1) is 5.92 Å². The Balaban J connectivity index is 3.88. The van der Waals surface area contributed by atoms with E-state index in [0.29, 0.717) is 12.0 Å². The summed E-state index contributed by atoms with van der Waals surface area (Å²) in [5.74, 6) is 6.16. The second kappa shape index (κ2) is 10.0. The topological polar surface area (TPSA) is 50.5 Å². The van der Waals surface area contributed by atoms with Gasteiger partial charge in [-0.25, -0.2) is 0 Å². The Hall–Kier alpha value is -0.160. The molecule has 16 heavy (non-hydrogen) atoms. The molecule has 4 heteroatoms. The minimum atomic E-state index is 0.385. The van der Waals surface area contributed by atoms with Crippen LogP contribution in [0.4, 0.5) is 0 Å². The van der Waals surface area contributed by atoms with Gasteiger partial charge in [-0.1, -0.05) is 20.8 Å². The van der Waals surface area contributed by atoms with Crippen molar-refractivity contribution in [1.82, 2.24) is 10.3 Å². The van der Waals surface area contributed by atoms with Gasteiger partial charge in [0.1, 0.15) is 0 Å². The molecule has 0 heterocycles. The van der Waals surface area contributed by atoms with Gasteiger partial charge in [0.05, 0.1) is 0 Å². The Morgan fingerprint density at radius 2 is 1.88 bits per heavy atom. The number of nitrogens with two attached hydrogens (primary N) is 1. The predicted molar refractivity (Wildman–Crippen MR) is 69.2 cm³/mol. The molecule has 0 rings (SSSR count). The second-order valence-corrected chi connectivity index (χ2v) is 4.35. The molecule has 0 aromatic carbocycles. The Kier molecular flexibility index (Phi) is 9.92. The van der Waals surface area contributed by atoms with Crippen LogP contribution in [-0.4, -0.2) is 44.3 Å². The maximum Gasteiger partial charge on any atom is 0.0465 e. The molecule has 0 spiro atoms. The molecule has 0 aliphatic rings. The lowest BCUT2D eigenvalue weighted by molar-refractivity contribution is 0.165. The molecule has 0 aliphatic heterocycles. The van der Waals surface area contributed by atoms with Crippen LogP contribution in [0.3, 0.4) is 0 Å². The molecule has 0 saturated heterocycles. The van der Waals surface area contributed by atoms with Gasteiger partial charge in [0.2, 0.25) is 0 Å². The van der Waals surface area contributed by atoms with E-state index in [1.54, 1.807) is 7.11 Å². The van der Waals surface area contributed by atoms with E-state index in [2.05, 4.69) is 31.1 Å². The molecule has 0 aromatic rings. The fourth-order valence-corrected chi connectivity index (χ4v) is 1.90. The summed E-state index contributed by atoms with van der Waals surface area (Å²) in [7, 11) is 1.74. The Bertz CT molecular complexity index is 151. The van der Waals surface area contributed by atoms with Gasteiger partial charge in [0, 0.05) is 19.8 Å². The number of hydrogen-bond acceptors (Lipinski definition) is 4. The molecular formula is C12H29N3O. The summed E-state index contributed by atoms with van der Waals surface area (Å²) >= 11 is 0. The van der Waals surface area contributed by atoms with E-state index in [1.165, 1.54) is 0 Å². The molecule has 0 saturated carbocycles. The van der Waals surface area contributed by atoms with Crippen LogP contribution in [0.1, 0.15) is 33.6 Å². The van der Waals surface area contributed by atoms with E-state index >= 15 is 0 Å². The molecule has 0 amide bonds. The zero-order valence-electron chi connectivity index (χ0n) is 11.3. The van der Waals surface area contributed by atoms with Crippen molar-refractivity contribution in [2.45, 2.75) is 39.7 Å². The molecule has 4 nitrogen and oxygen atoms in total. The third-order valence-electron chi connectivity index (χ3n) is 3.33. The summed E-state index contributed by atoms with van der Waals surface area (Å²) in [5.41, 5.74) is 2.93. The van der Waals surface area contributed by atoms with Crippen LogP contribution >= 0.6 is 0 Å². The lowest BCUT2D eigenvalue weighted by Gasteiger charge is -2.26. The molecule has 0 aliphatic carbocycles. The summed E-state index contributed by atoms with van der Waals surface area (Å²) < 4.78 is 5.10. The number of methoxy groups -OCH3 is 1. The first kappa shape index (κ1) is 15.8. The van der Waals surface area contributed by atoms with Gasteiger partial charge in [-0.15, -0.1) is 0 Å². The Morgan fingerprint density at radius 3 is 2.31 bits per heavy atom.